The maximum Gasteiger partial charge on any atom is 0.251 e. The Morgan fingerprint density at radius 1 is 1.30 bits per heavy atom. The lowest BCUT2D eigenvalue weighted by atomic mass is 9.88. The molecule has 140 valence electrons. The van der Waals surface area contributed by atoms with Crippen LogP contribution in [0.5, 0.6) is 11.5 Å². The molecule has 2 aromatic rings. The number of carbonyl (C=O) groups excluding carboxylic acids is 2. The molecule has 4 rings (SSSR count). The van der Waals surface area contributed by atoms with E-state index in [0.29, 0.717) is 28.0 Å². The van der Waals surface area contributed by atoms with Crippen LogP contribution in [0.25, 0.3) is 6.08 Å². The second-order valence-corrected chi connectivity index (χ2v) is 7.96. The molecule has 2 aliphatic rings. The van der Waals surface area contributed by atoms with Crippen LogP contribution in [0.3, 0.4) is 0 Å². The van der Waals surface area contributed by atoms with Crippen molar-refractivity contribution in [2.45, 2.75) is 26.2 Å². The molecule has 1 atom stereocenters. The highest BCUT2D eigenvalue weighted by molar-refractivity contribution is 7.17. The van der Waals surface area contributed by atoms with Crippen molar-refractivity contribution in [2.24, 2.45) is 11.7 Å². The van der Waals surface area contributed by atoms with E-state index in [1.54, 1.807) is 12.1 Å². The summed E-state index contributed by atoms with van der Waals surface area (Å²) in [5, 5.41) is 3.37. The van der Waals surface area contributed by atoms with E-state index in [1.165, 1.54) is 17.4 Å². The molecule has 1 aromatic carbocycles. The van der Waals surface area contributed by atoms with Crippen molar-refractivity contribution >= 4 is 34.2 Å². The molecule has 0 bridgehead atoms. The molecule has 3 N–H and O–H groups in total. The third kappa shape index (κ3) is 3.55. The Balaban J connectivity index is 1.52. The van der Waals surface area contributed by atoms with Gasteiger partial charge in [0.1, 0.15) is 5.00 Å². The first-order valence-electron chi connectivity index (χ1n) is 8.84. The highest BCUT2D eigenvalue weighted by Crippen LogP contribution is 2.39. The van der Waals surface area contributed by atoms with Crippen molar-refractivity contribution in [1.29, 1.82) is 0 Å². The molecule has 0 saturated heterocycles. The van der Waals surface area contributed by atoms with E-state index in [-0.39, 0.29) is 12.7 Å². The number of primary amides is 1. The second-order valence-electron chi connectivity index (χ2n) is 6.86. The van der Waals surface area contributed by atoms with Gasteiger partial charge in [0.2, 0.25) is 12.7 Å². The normalized spacial score (nSPS) is 17.7. The predicted molar refractivity (Wildman–Crippen MR) is 104 cm³/mol. The summed E-state index contributed by atoms with van der Waals surface area (Å²) in [5.74, 6) is 1.14. The van der Waals surface area contributed by atoms with Gasteiger partial charge in [-0.05, 0) is 54.5 Å². The summed E-state index contributed by atoms with van der Waals surface area (Å²) in [6.07, 6.45) is 5.90. The number of nitrogens with two attached hydrogens (primary N) is 1. The van der Waals surface area contributed by atoms with Crippen LogP contribution >= 0.6 is 11.3 Å². The molecule has 2 heterocycles. The predicted octanol–water partition coefficient (Wildman–Crippen LogP) is 3.35. The molecule has 1 aromatic heterocycles. The van der Waals surface area contributed by atoms with Crippen molar-refractivity contribution in [3.8, 4) is 11.5 Å². The molecule has 0 fully saturated rings. The quantitative estimate of drug-likeness (QED) is 0.791. The van der Waals surface area contributed by atoms with Crippen LogP contribution < -0.4 is 20.5 Å². The van der Waals surface area contributed by atoms with Crippen LogP contribution in [0.4, 0.5) is 5.00 Å². The molecular weight excluding hydrogens is 364 g/mol. The van der Waals surface area contributed by atoms with Gasteiger partial charge in [0.05, 0.1) is 5.56 Å². The Kier molecular flexibility index (Phi) is 4.61. The average Bonchev–Trinajstić information content (AvgIpc) is 3.22. The molecule has 1 aliphatic carbocycles. The number of carbonyl (C=O) groups is 2. The molecular formula is C20H20N2O4S. The number of ether oxygens (including phenoxy) is 2. The van der Waals surface area contributed by atoms with E-state index in [9.17, 15) is 9.59 Å². The van der Waals surface area contributed by atoms with Gasteiger partial charge in [-0.25, -0.2) is 0 Å². The van der Waals surface area contributed by atoms with E-state index >= 15 is 0 Å². The first-order valence-corrected chi connectivity index (χ1v) is 9.66. The summed E-state index contributed by atoms with van der Waals surface area (Å²) in [7, 11) is 0. The Bertz CT molecular complexity index is 948. The Morgan fingerprint density at radius 2 is 2.11 bits per heavy atom. The van der Waals surface area contributed by atoms with Gasteiger partial charge in [-0.1, -0.05) is 13.0 Å². The van der Waals surface area contributed by atoms with Crippen LogP contribution in [-0.2, 0) is 17.6 Å². The number of hydrogen-bond donors (Lipinski definition) is 2. The van der Waals surface area contributed by atoms with Crippen LogP contribution in [0, 0.1) is 5.92 Å². The fourth-order valence-electron chi connectivity index (χ4n) is 3.44. The smallest absolute Gasteiger partial charge is 0.251 e. The van der Waals surface area contributed by atoms with Gasteiger partial charge in [0.15, 0.2) is 11.5 Å². The fraction of sp³-hybridized carbons (Fsp3) is 0.300. The number of rotatable bonds is 4. The first kappa shape index (κ1) is 17.6. The molecule has 0 spiro atoms. The summed E-state index contributed by atoms with van der Waals surface area (Å²) in [6, 6.07) is 5.46. The molecule has 0 unspecified atom stereocenters. The maximum absolute atomic E-state index is 12.4. The fourth-order valence-corrected chi connectivity index (χ4v) is 4.86. The Labute approximate surface area is 161 Å². The molecule has 0 saturated carbocycles. The van der Waals surface area contributed by atoms with E-state index in [0.717, 1.165) is 35.3 Å². The zero-order valence-electron chi connectivity index (χ0n) is 14.9. The van der Waals surface area contributed by atoms with Crippen LogP contribution in [-0.4, -0.2) is 18.6 Å². The number of amides is 2. The van der Waals surface area contributed by atoms with Gasteiger partial charge < -0.3 is 20.5 Å². The standard InChI is InChI=1S/C20H20N2O4S/c1-11-2-5-13-16(8-11)27-20(18(13)19(21)24)22-17(23)7-4-12-3-6-14-15(9-12)26-10-25-14/h3-4,6-7,9,11H,2,5,8,10H2,1H3,(H2,21,24)(H,22,23)/b7-4-/t11-/m1/s1. The monoisotopic (exact) mass is 384 g/mol. The van der Waals surface area contributed by atoms with Crippen molar-refractivity contribution in [1.82, 2.24) is 0 Å². The summed E-state index contributed by atoms with van der Waals surface area (Å²) in [4.78, 5) is 25.5. The van der Waals surface area contributed by atoms with Crippen LogP contribution in [0.15, 0.2) is 24.3 Å². The minimum Gasteiger partial charge on any atom is -0.454 e. The first-order chi connectivity index (χ1) is 13.0. The third-order valence-electron chi connectivity index (χ3n) is 4.82. The van der Waals surface area contributed by atoms with Crippen molar-refractivity contribution < 1.29 is 19.1 Å². The largest absolute Gasteiger partial charge is 0.454 e. The highest BCUT2D eigenvalue weighted by Gasteiger charge is 2.26. The van der Waals surface area contributed by atoms with E-state index in [2.05, 4.69) is 12.2 Å². The minimum absolute atomic E-state index is 0.209. The molecule has 0 radical (unpaired) electrons. The lowest BCUT2D eigenvalue weighted by Gasteiger charge is -2.18. The lowest BCUT2D eigenvalue weighted by Crippen LogP contribution is -2.18. The van der Waals surface area contributed by atoms with Gasteiger partial charge in [-0.3, -0.25) is 9.59 Å². The van der Waals surface area contributed by atoms with Crippen LogP contribution in [0.2, 0.25) is 0 Å². The molecule has 6 nitrogen and oxygen atoms in total. The second kappa shape index (κ2) is 7.08. The maximum atomic E-state index is 12.4. The summed E-state index contributed by atoms with van der Waals surface area (Å²) < 4.78 is 10.6. The number of fused-ring (bicyclic) bond motifs is 2. The summed E-state index contributed by atoms with van der Waals surface area (Å²) >= 11 is 1.46. The van der Waals surface area contributed by atoms with E-state index in [1.807, 2.05) is 12.1 Å². The Hall–Kier alpha value is -2.80. The van der Waals surface area contributed by atoms with E-state index in [4.69, 9.17) is 15.2 Å². The van der Waals surface area contributed by atoms with Gasteiger partial charge >= 0.3 is 0 Å². The van der Waals surface area contributed by atoms with Gasteiger partial charge in [-0.15, -0.1) is 11.3 Å². The van der Waals surface area contributed by atoms with Gasteiger partial charge in [0, 0.05) is 11.0 Å². The van der Waals surface area contributed by atoms with Crippen molar-refractivity contribution in [3.63, 3.8) is 0 Å². The summed E-state index contributed by atoms with van der Waals surface area (Å²) in [6.45, 7) is 2.40. The zero-order chi connectivity index (χ0) is 19.0. The van der Waals surface area contributed by atoms with Gasteiger partial charge in [-0.2, -0.15) is 0 Å². The Morgan fingerprint density at radius 3 is 2.93 bits per heavy atom. The molecule has 27 heavy (non-hydrogen) atoms. The minimum atomic E-state index is -0.489. The van der Waals surface area contributed by atoms with Crippen LogP contribution in [0.1, 0.15) is 39.7 Å². The number of anilines is 1. The zero-order valence-corrected chi connectivity index (χ0v) is 15.7. The topological polar surface area (TPSA) is 90.7 Å². The van der Waals surface area contributed by atoms with Gasteiger partial charge in [0.25, 0.3) is 5.91 Å². The third-order valence-corrected chi connectivity index (χ3v) is 5.99. The average molecular weight is 384 g/mol. The number of thiophene rings is 1. The highest BCUT2D eigenvalue weighted by atomic mass is 32.1. The molecule has 2 amide bonds. The summed E-state index contributed by atoms with van der Waals surface area (Å²) in [5.41, 5.74) is 7.87. The van der Waals surface area contributed by atoms with Crippen molar-refractivity contribution in [3.05, 3.63) is 45.8 Å². The lowest BCUT2D eigenvalue weighted by molar-refractivity contribution is -0.111. The number of hydrogen-bond acceptors (Lipinski definition) is 5. The van der Waals surface area contributed by atoms with Crippen molar-refractivity contribution in [2.75, 3.05) is 12.1 Å². The number of benzene rings is 1. The molecule has 1 aliphatic heterocycles. The molecule has 7 heteroatoms. The SMILES string of the molecule is C[C@@H]1CCc2c(sc(NC(=O)/C=C\c3ccc4c(c3)OCO4)c2C(N)=O)C1. The van der Waals surface area contributed by atoms with E-state index < -0.39 is 5.91 Å². The number of nitrogens with one attached hydrogen (secondary N) is 1.